The molecule has 3 nitrogen and oxygen atoms in total. The van der Waals surface area contributed by atoms with Gasteiger partial charge in [0, 0.05) is 0 Å². The fourth-order valence-electron chi connectivity index (χ4n) is 1.16. The van der Waals surface area contributed by atoms with E-state index in [1.54, 1.807) is 25.1 Å². The Morgan fingerprint density at radius 1 is 1.47 bits per heavy atom. The van der Waals surface area contributed by atoms with Crippen LogP contribution in [0.1, 0.15) is 24.2 Å². The number of hydrogen-bond donors (Lipinski definition) is 0. The molecule has 0 aliphatic heterocycles. The third kappa shape index (κ3) is 4.23. The second-order valence-electron chi connectivity index (χ2n) is 3.61. The first-order valence-corrected chi connectivity index (χ1v) is 6.07. The molecule has 0 N–H and O–H groups in total. The Bertz CT molecular complexity index is 427. The van der Waals surface area contributed by atoms with E-state index in [4.69, 9.17) is 9.47 Å². The van der Waals surface area contributed by atoms with Crippen molar-refractivity contribution in [2.75, 3.05) is 13.2 Å². The zero-order valence-electron chi connectivity index (χ0n) is 9.96. The maximum absolute atomic E-state index is 11.5. The number of hydrogen-bond acceptors (Lipinski definition) is 3. The highest BCUT2D eigenvalue weighted by Crippen LogP contribution is 2.26. The van der Waals surface area contributed by atoms with Crippen LogP contribution in [0.25, 0.3) is 0 Å². The molecule has 0 saturated heterocycles. The first-order valence-electron chi connectivity index (χ1n) is 5.28. The van der Waals surface area contributed by atoms with E-state index < -0.39 is 0 Å². The first kappa shape index (κ1) is 13.8. The van der Waals surface area contributed by atoms with Gasteiger partial charge in [-0.25, -0.2) is 4.79 Å². The molecule has 1 aromatic rings. The summed E-state index contributed by atoms with van der Waals surface area (Å²) in [5.41, 5.74) is 1.39. The van der Waals surface area contributed by atoms with E-state index in [0.717, 1.165) is 10.0 Å². The lowest BCUT2D eigenvalue weighted by molar-refractivity contribution is 0.0526. The van der Waals surface area contributed by atoms with Crippen molar-refractivity contribution < 1.29 is 14.3 Å². The monoisotopic (exact) mass is 298 g/mol. The van der Waals surface area contributed by atoms with Gasteiger partial charge in [0.1, 0.15) is 12.4 Å². The fraction of sp³-hybridized carbons (Fsp3) is 0.308. The molecule has 0 atom stereocenters. The molecule has 0 aliphatic carbocycles. The van der Waals surface area contributed by atoms with Crippen molar-refractivity contribution in [2.24, 2.45) is 0 Å². The van der Waals surface area contributed by atoms with Crippen molar-refractivity contribution in [1.82, 2.24) is 0 Å². The summed E-state index contributed by atoms with van der Waals surface area (Å²) < 4.78 is 11.2. The predicted octanol–water partition coefficient (Wildman–Crippen LogP) is 3.58. The van der Waals surface area contributed by atoms with E-state index in [-0.39, 0.29) is 5.97 Å². The molecule has 4 heteroatoms. The summed E-state index contributed by atoms with van der Waals surface area (Å²) in [4.78, 5) is 11.5. The lowest BCUT2D eigenvalue weighted by Crippen LogP contribution is -2.05. The molecule has 1 rings (SSSR count). The minimum absolute atomic E-state index is 0.347. The topological polar surface area (TPSA) is 35.5 Å². The zero-order valence-corrected chi connectivity index (χ0v) is 11.5. The van der Waals surface area contributed by atoms with Crippen LogP contribution in [0.2, 0.25) is 0 Å². The van der Waals surface area contributed by atoms with E-state index >= 15 is 0 Å². The summed E-state index contributed by atoms with van der Waals surface area (Å²) in [7, 11) is 0. The molecule has 0 saturated carbocycles. The second-order valence-corrected chi connectivity index (χ2v) is 4.47. The first-order chi connectivity index (χ1) is 8.04. The number of carbonyl (C=O) groups excluding carboxylic acids is 1. The Hall–Kier alpha value is -1.29. The molecule has 0 unspecified atom stereocenters. The van der Waals surface area contributed by atoms with Gasteiger partial charge in [-0.3, -0.25) is 0 Å². The molecule has 0 amide bonds. The predicted molar refractivity (Wildman–Crippen MR) is 70.4 cm³/mol. The highest BCUT2D eigenvalue weighted by molar-refractivity contribution is 9.10. The van der Waals surface area contributed by atoms with Crippen LogP contribution in [-0.2, 0) is 4.74 Å². The number of rotatable bonds is 5. The number of carbonyl (C=O) groups is 1. The molecule has 0 aromatic heterocycles. The summed E-state index contributed by atoms with van der Waals surface area (Å²) in [6, 6.07) is 5.11. The molecule has 0 radical (unpaired) electrons. The Labute approximate surface area is 110 Å². The average molecular weight is 299 g/mol. The van der Waals surface area contributed by atoms with Crippen LogP contribution in [0.5, 0.6) is 5.75 Å². The number of esters is 1. The maximum atomic E-state index is 11.5. The van der Waals surface area contributed by atoms with Gasteiger partial charge >= 0.3 is 5.97 Å². The SMILES string of the molecule is C=C(C)COc1cc(C(=O)OCC)ccc1Br. The standard InChI is InChI=1S/C13H15BrO3/c1-4-16-13(15)10-5-6-11(14)12(7-10)17-8-9(2)3/h5-7H,2,4,8H2,1,3H3. The van der Waals surface area contributed by atoms with Crippen LogP contribution < -0.4 is 4.74 Å². The van der Waals surface area contributed by atoms with Crippen molar-refractivity contribution >= 4 is 21.9 Å². The highest BCUT2D eigenvalue weighted by Gasteiger charge is 2.10. The van der Waals surface area contributed by atoms with Gasteiger partial charge in [0.25, 0.3) is 0 Å². The van der Waals surface area contributed by atoms with Crippen LogP contribution >= 0.6 is 15.9 Å². The van der Waals surface area contributed by atoms with Crippen molar-refractivity contribution in [3.63, 3.8) is 0 Å². The normalized spacial score (nSPS) is 9.82. The number of ether oxygens (including phenoxy) is 2. The van der Waals surface area contributed by atoms with Crippen LogP contribution in [0, 0.1) is 0 Å². The van der Waals surface area contributed by atoms with Gasteiger partial charge in [0.05, 0.1) is 16.6 Å². The lowest BCUT2D eigenvalue weighted by atomic mass is 10.2. The van der Waals surface area contributed by atoms with E-state index in [0.29, 0.717) is 24.5 Å². The van der Waals surface area contributed by atoms with Crippen molar-refractivity contribution in [2.45, 2.75) is 13.8 Å². The highest BCUT2D eigenvalue weighted by atomic mass is 79.9. The van der Waals surface area contributed by atoms with Gasteiger partial charge in [-0.15, -0.1) is 0 Å². The summed E-state index contributed by atoms with van der Waals surface area (Å²) in [5.74, 6) is 0.263. The Balaban J connectivity index is 2.86. The minimum Gasteiger partial charge on any atom is -0.488 e. The molecule has 0 bridgehead atoms. The average Bonchev–Trinajstić information content (AvgIpc) is 2.28. The quantitative estimate of drug-likeness (QED) is 0.616. The van der Waals surface area contributed by atoms with E-state index in [1.165, 1.54) is 0 Å². The zero-order chi connectivity index (χ0) is 12.8. The third-order valence-corrected chi connectivity index (χ3v) is 2.57. The van der Waals surface area contributed by atoms with Crippen molar-refractivity contribution in [1.29, 1.82) is 0 Å². The molecule has 1 aromatic carbocycles. The molecular formula is C13H15BrO3. The van der Waals surface area contributed by atoms with Gasteiger partial charge < -0.3 is 9.47 Å². The van der Waals surface area contributed by atoms with E-state index in [2.05, 4.69) is 22.5 Å². The molecule has 0 aliphatic rings. The van der Waals surface area contributed by atoms with Gasteiger partial charge in [-0.05, 0) is 53.5 Å². The van der Waals surface area contributed by atoms with Crippen LogP contribution in [0.3, 0.4) is 0 Å². The summed E-state index contributed by atoms with van der Waals surface area (Å²) in [5, 5.41) is 0. The molecule has 17 heavy (non-hydrogen) atoms. The largest absolute Gasteiger partial charge is 0.488 e. The Morgan fingerprint density at radius 3 is 2.76 bits per heavy atom. The smallest absolute Gasteiger partial charge is 0.338 e. The summed E-state index contributed by atoms with van der Waals surface area (Å²) >= 11 is 3.36. The minimum atomic E-state index is -0.347. The van der Waals surface area contributed by atoms with Crippen LogP contribution in [-0.4, -0.2) is 19.2 Å². The molecule has 92 valence electrons. The van der Waals surface area contributed by atoms with Crippen LogP contribution in [0.4, 0.5) is 0 Å². The van der Waals surface area contributed by atoms with Gasteiger partial charge in [-0.1, -0.05) is 6.58 Å². The Kier molecular flexibility index (Phi) is 5.22. The molecular weight excluding hydrogens is 284 g/mol. The van der Waals surface area contributed by atoms with Gasteiger partial charge in [0.15, 0.2) is 0 Å². The van der Waals surface area contributed by atoms with Crippen molar-refractivity contribution in [3.8, 4) is 5.75 Å². The maximum Gasteiger partial charge on any atom is 0.338 e. The summed E-state index contributed by atoms with van der Waals surface area (Å²) in [6.07, 6.45) is 0. The number of halogens is 1. The summed E-state index contributed by atoms with van der Waals surface area (Å²) in [6.45, 7) is 8.19. The number of benzene rings is 1. The van der Waals surface area contributed by atoms with E-state index in [9.17, 15) is 4.79 Å². The molecule has 0 heterocycles. The lowest BCUT2D eigenvalue weighted by Gasteiger charge is -2.09. The van der Waals surface area contributed by atoms with E-state index in [1.807, 2.05) is 6.92 Å². The van der Waals surface area contributed by atoms with Gasteiger partial charge in [-0.2, -0.15) is 0 Å². The van der Waals surface area contributed by atoms with Crippen molar-refractivity contribution in [3.05, 3.63) is 40.4 Å². The van der Waals surface area contributed by atoms with Crippen LogP contribution in [0.15, 0.2) is 34.8 Å². The Morgan fingerprint density at radius 2 is 2.18 bits per heavy atom. The second kappa shape index (κ2) is 6.45. The van der Waals surface area contributed by atoms with Gasteiger partial charge in [0.2, 0.25) is 0 Å². The molecule has 0 fully saturated rings. The molecule has 0 spiro atoms. The fourth-order valence-corrected chi connectivity index (χ4v) is 1.52. The third-order valence-electron chi connectivity index (χ3n) is 1.92.